The Hall–Kier alpha value is -3.24. The lowest BCUT2D eigenvalue weighted by atomic mass is 9.70. The van der Waals surface area contributed by atoms with Crippen LogP contribution >= 0.6 is 11.6 Å². The number of hydrogen-bond acceptors (Lipinski definition) is 5. The number of fused-ring (bicyclic) bond motifs is 3. The molecule has 0 spiro atoms. The number of nitrogens with zero attached hydrogens (tertiary/aromatic N) is 4. The van der Waals surface area contributed by atoms with Gasteiger partial charge in [0, 0.05) is 31.2 Å². The quantitative estimate of drug-likeness (QED) is 0.263. The Morgan fingerprint density at radius 1 is 0.956 bits per heavy atom. The van der Waals surface area contributed by atoms with Crippen LogP contribution in [0.4, 0.5) is 0 Å². The first-order chi connectivity index (χ1) is 21.6. The molecule has 8 nitrogen and oxygen atoms in total. The highest BCUT2D eigenvalue weighted by atomic mass is 35.5. The van der Waals surface area contributed by atoms with Gasteiger partial charge in [-0.15, -0.1) is 0 Å². The summed E-state index contributed by atoms with van der Waals surface area (Å²) in [7, 11) is -3.90. The normalized spacial score (nSPS) is 23.4. The molecule has 3 aromatic carbocycles. The molecule has 0 unspecified atom stereocenters. The van der Waals surface area contributed by atoms with E-state index >= 15 is 0 Å². The number of piperidine rings is 2. The third-order valence-electron chi connectivity index (χ3n) is 10.7. The molecule has 3 aliphatic rings. The number of aromatic nitrogens is 2. The number of para-hydroxylation sites is 2. The molecular weight excluding hydrogens is 606 g/mol. The average molecular weight is 646 g/mol. The fourth-order valence-electron chi connectivity index (χ4n) is 8.42. The molecule has 2 N–H and O–H groups in total. The molecule has 10 heteroatoms. The maximum Gasteiger partial charge on any atom is 0.255 e. The number of primary sulfonamides is 1. The first-order valence-corrected chi connectivity index (χ1v) is 17.9. The number of rotatable bonds is 7. The molecule has 3 aliphatic heterocycles. The number of halogens is 1. The molecule has 1 aromatic heterocycles. The summed E-state index contributed by atoms with van der Waals surface area (Å²) in [6.45, 7) is 4.42. The largest absolute Gasteiger partial charge is 0.339 e. The van der Waals surface area contributed by atoms with Gasteiger partial charge in [0.25, 0.3) is 5.91 Å². The molecule has 0 radical (unpaired) electrons. The molecule has 1 amide bonds. The SMILES string of the molecule is Cc1nc2ccccc2n1[C@H]1C[C@H]2CC[C@@H](C1)N2CCC1(c2ccccc2)CCN(C(=O)c2ccc(S(N)(=O)=O)cc2Cl)CC1. The van der Waals surface area contributed by atoms with Crippen molar-refractivity contribution in [2.45, 2.75) is 80.3 Å². The van der Waals surface area contributed by atoms with Crippen LogP contribution in [0.2, 0.25) is 5.02 Å². The van der Waals surface area contributed by atoms with Gasteiger partial charge in [0.1, 0.15) is 5.82 Å². The highest BCUT2D eigenvalue weighted by Crippen LogP contribution is 2.45. The van der Waals surface area contributed by atoms with E-state index in [9.17, 15) is 13.2 Å². The van der Waals surface area contributed by atoms with Gasteiger partial charge < -0.3 is 9.47 Å². The number of imidazole rings is 1. The van der Waals surface area contributed by atoms with Gasteiger partial charge in [0.2, 0.25) is 10.0 Å². The monoisotopic (exact) mass is 645 g/mol. The highest BCUT2D eigenvalue weighted by molar-refractivity contribution is 7.89. The van der Waals surface area contributed by atoms with Crippen LogP contribution in [0, 0.1) is 6.92 Å². The zero-order valence-electron chi connectivity index (χ0n) is 25.6. The van der Waals surface area contributed by atoms with E-state index in [2.05, 4.69) is 71.0 Å². The van der Waals surface area contributed by atoms with Crippen molar-refractivity contribution in [3.63, 3.8) is 0 Å². The van der Waals surface area contributed by atoms with E-state index in [4.69, 9.17) is 21.7 Å². The van der Waals surface area contributed by atoms with Gasteiger partial charge in [0.05, 0.1) is 26.5 Å². The predicted molar refractivity (Wildman–Crippen MR) is 177 cm³/mol. The topological polar surface area (TPSA) is 102 Å². The summed E-state index contributed by atoms with van der Waals surface area (Å²) in [5.41, 5.74) is 3.96. The number of benzene rings is 3. The number of hydrogen-bond donors (Lipinski definition) is 1. The van der Waals surface area contributed by atoms with Crippen LogP contribution in [0.15, 0.2) is 77.7 Å². The number of carbonyl (C=O) groups is 1. The molecule has 2 bridgehead atoms. The summed E-state index contributed by atoms with van der Waals surface area (Å²) in [5, 5.41) is 5.35. The van der Waals surface area contributed by atoms with Crippen molar-refractivity contribution in [1.82, 2.24) is 19.4 Å². The van der Waals surface area contributed by atoms with Crippen LogP contribution in [-0.4, -0.2) is 65.4 Å². The number of carbonyl (C=O) groups excluding carboxylic acids is 1. The second-order valence-corrected chi connectivity index (χ2v) is 15.1. The summed E-state index contributed by atoms with van der Waals surface area (Å²) in [4.78, 5) is 22.9. The minimum absolute atomic E-state index is 0.0211. The number of aryl methyl sites for hydroxylation is 1. The number of amides is 1. The van der Waals surface area contributed by atoms with E-state index in [0.717, 1.165) is 50.0 Å². The fraction of sp³-hybridized carbons (Fsp3) is 0.429. The highest BCUT2D eigenvalue weighted by Gasteiger charge is 2.44. The zero-order chi connectivity index (χ0) is 31.3. The average Bonchev–Trinajstić information content (AvgIpc) is 3.50. The third kappa shape index (κ3) is 5.69. The Morgan fingerprint density at radius 2 is 1.62 bits per heavy atom. The molecule has 0 saturated carbocycles. The lowest BCUT2D eigenvalue weighted by Gasteiger charge is -2.45. The van der Waals surface area contributed by atoms with Crippen LogP contribution in [0.5, 0.6) is 0 Å². The summed E-state index contributed by atoms with van der Waals surface area (Å²) < 4.78 is 26.0. The number of likely N-dealkylation sites (tertiary alicyclic amines) is 1. The van der Waals surface area contributed by atoms with Gasteiger partial charge in [-0.1, -0.05) is 54.1 Å². The van der Waals surface area contributed by atoms with E-state index in [1.165, 1.54) is 42.1 Å². The van der Waals surface area contributed by atoms with Gasteiger partial charge in [-0.25, -0.2) is 18.5 Å². The van der Waals surface area contributed by atoms with Crippen LogP contribution in [0.3, 0.4) is 0 Å². The van der Waals surface area contributed by atoms with Gasteiger partial charge in [-0.05, 0) is 99.7 Å². The van der Waals surface area contributed by atoms with Crippen molar-refractivity contribution in [3.05, 3.63) is 94.8 Å². The van der Waals surface area contributed by atoms with Crippen LogP contribution in [-0.2, 0) is 15.4 Å². The molecule has 236 valence electrons. The van der Waals surface area contributed by atoms with E-state index in [1.54, 1.807) is 0 Å². The predicted octanol–water partition coefficient (Wildman–Crippen LogP) is 6.08. The van der Waals surface area contributed by atoms with Crippen molar-refractivity contribution in [2.75, 3.05) is 19.6 Å². The molecule has 7 rings (SSSR count). The van der Waals surface area contributed by atoms with Crippen molar-refractivity contribution in [2.24, 2.45) is 5.14 Å². The van der Waals surface area contributed by atoms with Gasteiger partial charge in [-0.3, -0.25) is 9.69 Å². The van der Waals surface area contributed by atoms with Gasteiger partial charge in [0.15, 0.2) is 0 Å². The smallest absolute Gasteiger partial charge is 0.255 e. The van der Waals surface area contributed by atoms with E-state index in [-0.39, 0.29) is 21.2 Å². The molecule has 3 saturated heterocycles. The van der Waals surface area contributed by atoms with E-state index in [1.807, 2.05) is 4.90 Å². The third-order valence-corrected chi connectivity index (χ3v) is 12.0. The van der Waals surface area contributed by atoms with Crippen molar-refractivity contribution in [1.29, 1.82) is 0 Å². The standard InChI is InChI=1S/C35H40ClN5O3S/c1-24-38-32-9-5-6-10-33(32)41(24)28-21-26-11-12-27(22-28)40(26)20-17-35(25-7-3-2-4-8-25)15-18-39(19-16-35)34(42)30-14-13-29(23-31(30)36)45(37,43)44/h2-10,13-14,23,26-28H,11-12,15-22H2,1H3,(H2,37,43,44)/t26-,27+,28+. The maximum atomic E-state index is 13.5. The minimum atomic E-state index is -3.90. The molecule has 4 aromatic rings. The Labute approximate surface area is 270 Å². The van der Waals surface area contributed by atoms with E-state index < -0.39 is 10.0 Å². The molecule has 45 heavy (non-hydrogen) atoms. The Kier molecular flexibility index (Phi) is 8.01. The van der Waals surface area contributed by atoms with Gasteiger partial charge >= 0.3 is 0 Å². The first-order valence-electron chi connectivity index (χ1n) is 16.0. The number of nitrogens with two attached hydrogens (primary N) is 1. The Bertz CT molecular complexity index is 1820. The summed E-state index contributed by atoms with van der Waals surface area (Å²) >= 11 is 6.37. The summed E-state index contributed by atoms with van der Waals surface area (Å²) in [5.74, 6) is 0.935. The molecule has 3 atom stereocenters. The summed E-state index contributed by atoms with van der Waals surface area (Å²) in [6, 6.07) is 25.0. The molecular formula is C35H40ClN5O3S. The zero-order valence-corrected chi connectivity index (χ0v) is 27.2. The second kappa shape index (κ2) is 11.8. The molecule has 4 heterocycles. The summed E-state index contributed by atoms with van der Waals surface area (Å²) in [6.07, 6.45) is 7.58. The lowest BCUT2D eigenvalue weighted by Crippen LogP contribution is -2.49. The van der Waals surface area contributed by atoms with Gasteiger partial charge in [-0.2, -0.15) is 0 Å². The van der Waals surface area contributed by atoms with Crippen molar-refractivity contribution < 1.29 is 13.2 Å². The van der Waals surface area contributed by atoms with Crippen LogP contribution in [0.1, 0.15) is 72.7 Å². The lowest BCUT2D eigenvalue weighted by molar-refractivity contribution is 0.0607. The first kappa shape index (κ1) is 30.4. The second-order valence-electron chi connectivity index (χ2n) is 13.1. The van der Waals surface area contributed by atoms with Crippen molar-refractivity contribution in [3.8, 4) is 0 Å². The maximum absolute atomic E-state index is 13.5. The Balaban J connectivity index is 1.06. The molecule has 3 fully saturated rings. The molecule has 0 aliphatic carbocycles. The van der Waals surface area contributed by atoms with Crippen LogP contribution < -0.4 is 5.14 Å². The number of sulfonamides is 1. The van der Waals surface area contributed by atoms with E-state index in [0.29, 0.717) is 36.8 Å². The Morgan fingerprint density at radius 3 is 2.29 bits per heavy atom. The minimum Gasteiger partial charge on any atom is -0.339 e. The van der Waals surface area contributed by atoms with Crippen molar-refractivity contribution >= 4 is 38.6 Å². The van der Waals surface area contributed by atoms with Crippen LogP contribution in [0.25, 0.3) is 11.0 Å². The fourth-order valence-corrected chi connectivity index (χ4v) is 9.29.